The maximum atomic E-state index is 12.7. The molecule has 1 saturated heterocycles. The van der Waals surface area contributed by atoms with E-state index in [1.54, 1.807) is 12.1 Å². The van der Waals surface area contributed by atoms with E-state index in [1.165, 1.54) is 6.42 Å². The lowest BCUT2D eigenvalue weighted by Gasteiger charge is -2.23. The van der Waals surface area contributed by atoms with Crippen molar-refractivity contribution in [2.75, 3.05) is 6.54 Å². The van der Waals surface area contributed by atoms with Crippen LogP contribution in [0.15, 0.2) is 16.5 Å². The number of likely N-dealkylation sites (tertiary alicyclic amines) is 1. The lowest BCUT2D eigenvalue weighted by Crippen LogP contribution is -2.32. The molecule has 0 bridgehead atoms. The molecule has 2 aromatic heterocycles. The Kier molecular flexibility index (Phi) is 3.85. The number of amides is 1. The molecule has 2 aliphatic heterocycles. The SMILES string of the molecule is O=C(c1ccc(Cl)o1)N1CCC[C@@H]1c1nnc2n1CCCCC2. The van der Waals surface area contributed by atoms with E-state index < -0.39 is 0 Å². The summed E-state index contributed by atoms with van der Waals surface area (Å²) in [6.45, 7) is 1.66. The minimum atomic E-state index is -0.120. The molecule has 0 radical (unpaired) electrons. The minimum Gasteiger partial charge on any atom is -0.440 e. The van der Waals surface area contributed by atoms with Gasteiger partial charge in [-0.05, 0) is 49.4 Å². The summed E-state index contributed by atoms with van der Waals surface area (Å²) < 4.78 is 7.51. The highest BCUT2D eigenvalue weighted by Gasteiger charge is 2.35. The van der Waals surface area contributed by atoms with Crippen molar-refractivity contribution in [2.24, 2.45) is 0 Å². The molecule has 7 heteroatoms. The van der Waals surface area contributed by atoms with Crippen LogP contribution in [0.5, 0.6) is 0 Å². The minimum absolute atomic E-state index is 0.0225. The zero-order chi connectivity index (χ0) is 15.8. The number of aromatic nitrogens is 3. The van der Waals surface area contributed by atoms with Gasteiger partial charge in [-0.2, -0.15) is 0 Å². The number of hydrogen-bond acceptors (Lipinski definition) is 4. The van der Waals surface area contributed by atoms with Crippen LogP contribution in [0.25, 0.3) is 0 Å². The molecule has 1 atom stereocenters. The molecule has 4 heterocycles. The van der Waals surface area contributed by atoms with Gasteiger partial charge in [0.15, 0.2) is 16.8 Å². The number of fused-ring (bicyclic) bond motifs is 1. The van der Waals surface area contributed by atoms with Gasteiger partial charge in [0.2, 0.25) is 0 Å². The molecule has 0 N–H and O–H groups in total. The number of carbonyl (C=O) groups is 1. The maximum Gasteiger partial charge on any atom is 0.290 e. The van der Waals surface area contributed by atoms with Gasteiger partial charge in [-0.25, -0.2) is 0 Å². The Bertz CT molecular complexity index is 723. The molecule has 1 amide bonds. The quantitative estimate of drug-likeness (QED) is 0.845. The van der Waals surface area contributed by atoms with Crippen molar-refractivity contribution in [3.63, 3.8) is 0 Å². The van der Waals surface area contributed by atoms with Crippen molar-refractivity contribution in [3.8, 4) is 0 Å². The molecule has 0 aliphatic carbocycles. The lowest BCUT2D eigenvalue weighted by atomic mass is 10.2. The van der Waals surface area contributed by atoms with Crippen LogP contribution in [0.3, 0.4) is 0 Å². The van der Waals surface area contributed by atoms with Gasteiger partial charge in [0, 0.05) is 19.5 Å². The second kappa shape index (κ2) is 6.00. The smallest absolute Gasteiger partial charge is 0.290 e. The highest BCUT2D eigenvalue weighted by atomic mass is 35.5. The van der Waals surface area contributed by atoms with Gasteiger partial charge < -0.3 is 13.9 Å². The van der Waals surface area contributed by atoms with E-state index in [4.69, 9.17) is 16.0 Å². The van der Waals surface area contributed by atoms with E-state index in [-0.39, 0.29) is 22.9 Å². The largest absolute Gasteiger partial charge is 0.440 e. The molecule has 2 aromatic rings. The molecule has 2 aliphatic rings. The monoisotopic (exact) mass is 334 g/mol. The zero-order valence-electron chi connectivity index (χ0n) is 12.9. The van der Waals surface area contributed by atoms with Crippen LogP contribution < -0.4 is 0 Å². The summed E-state index contributed by atoms with van der Waals surface area (Å²) in [6, 6.07) is 3.21. The summed E-state index contributed by atoms with van der Waals surface area (Å²) in [5, 5.41) is 9.01. The van der Waals surface area contributed by atoms with Crippen molar-refractivity contribution >= 4 is 17.5 Å². The number of nitrogens with zero attached hydrogens (tertiary/aromatic N) is 4. The van der Waals surface area contributed by atoms with Gasteiger partial charge in [-0.1, -0.05) is 6.42 Å². The van der Waals surface area contributed by atoms with Crippen LogP contribution in [0.4, 0.5) is 0 Å². The fraction of sp³-hybridized carbons (Fsp3) is 0.562. The number of furan rings is 1. The summed E-state index contributed by atoms with van der Waals surface area (Å²) >= 11 is 5.80. The van der Waals surface area contributed by atoms with Crippen LogP contribution in [0.2, 0.25) is 5.22 Å². The summed E-state index contributed by atoms with van der Waals surface area (Å²) in [4.78, 5) is 14.6. The van der Waals surface area contributed by atoms with Crippen LogP contribution in [-0.4, -0.2) is 32.1 Å². The molecule has 6 nitrogen and oxygen atoms in total. The average Bonchev–Trinajstić information content (AvgIpc) is 3.23. The molecular formula is C16H19ClN4O2. The molecule has 0 unspecified atom stereocenters. The number of rotatable bonds is 2. The zero-order valence-corrected chi connectivity index (χ0v) is 13.6. The van der Waals surface area contributed by atoms with Gasteiger partial charge in [-0.3, -0.25) is 4.79 Å². The molecule has 0 saturated carbocycles. The number of carbonyl (C=O) groups excluding carboxylic acids is 1. The predicted octanol–water partition coefficient (Wildman–Crippen LogP) is 3.23. The normalized spacial score (nSPS) is 21.3. The summed E-state index contributed by atoms with van der Waals surface area (Å²) in [7, 11) is 0. The molecular weight excluding hydrogens is 316 g/mol. The molecule has 0 aromatic carbocycles. The Morgan fingerprint density at radius 1 is 1.17 bits per heavy atom. The van der Waals surface area contributed by atoms with Crippen molar-refractivity contribution in [1.29, 1.82) is 0 Å². The van der Waals surface area contributed by atoms with E-state index in [0.717, 1.165) is 50.3 Å². The van der Waals surface area contributed by atoms with Crippen molar-refractivity contribution in [1.82, 2.24) is 19.7 Å². The van der Waals surface area contributed by atoms with Gasteiger partial charge in [-0.15, -0.1) is 10.2 Å². The van der Waals surface area contributed by atoms with Crippen molar-refractivity contribution in [2.45, 2.75) is 51.1 Å². The Labute approximate surface area is 139 Å². The maximum absolute atomic E-state index is 12.7. The van der Waals surface area contributed by atoms with Crippen LogP contribution in [0, 0.1) is 0 Å². The number of hydrogen-bond donors (Lipinski definition) is 0. The Morgan fingerprint density at radius 2 is 2.09 bits per heavy atom. The highest BCUT2D eigenvalue weighted by molar-refractivity contribution is 6.29. The van der Waals surface area contributed by atoms with E-state index in [2.05, 4.69) is 14.8 Å². The highest BCUT2D eigenvalue weighted by Crippen LogP contribution is 2.33. The Morgan fingerprint density at radius 3 is 2.91 bits per heavy atom. The lowest BCUT2D eigenvalue weighted by molar-refractivity contribution is 0.0694. The fourth-order valence-corrected chi connectivity index (χ4v) is 3.75. The second-order valence-corrected chi connectivity index (χ2v) is 6.57. The van der Waals surface area contributed by atoms with Gasteiger partial charge in [0.05, 0.1) is 6.04 Å². The first-order valence-corrected chi connectivity index (χ1v) is 8.60. The topological polar surface area (TPSA) is 64.2 Å². The standard InChI is InChI=1S/C16H19ClN4O2/c17-13-8-7-12(23-13)16(22)20-10-4-5-11(20)15-19-18-14-6-2-1-3-9-21(14)15/h7-8,11H,1-6,9-10H2/t11-/m1/s1. The third-order valence-corrected chi connectivity index (χ3v) is 4.94. The first-order valence-electron chi connectivity index (χ1n) is 8.22. The van der Waals surface area contributed by atoms with Crippen LogP contribution >= 0.6 is 11.6 Å². The first-order chi connectivity index (χ1) is 11.2. The predicted molar refractivity (Wildman–Crippen MR) is 84.3 cm³/mol. The Hall–Kier alpha value is -1.82. The van der Waals surface area contributed by atoms with Crippen LogP contribution in [-0.2, 0) is 13.0 Å². The van der Waals surface area contributed by atoms with E-state index >= 15 is 0 Å². The van der Waals surface area contributed by atoms with Gasteiger partial charge >= 0.3 is 0 Å². The van der Waals surface area contributed by atoms with Gasteiger partial charge in [0.25, 0.3) is 5.91 Å². The number of aryl methyl sites for hydroxylation is 1. The fourth-order valence-electron chi connectivity index (χ4n) is 3.60. The van der Waals surface area contributed by atoms with E-state index in [9.17, 15) is 4.79 Å². The first kappa shape index (κ1) is 14.8. The second-order valence-electron chi connectivity index (χ2n) is 6.20. The third kappa shape index (κ3) is 2.65. The Balaban J connectivity index is 1.63. The molecule has 0 spiro atoms. The summed E-state index contributed by atoms with van der Waals surface area (Å²) in [6.07, 6.45) is 6.39. The molecule has 1 fully saturated rings. The van der Waals surface area contributed by atoms with Gasteiger partial charge in [0.1, 0.15) is 5.82 Å². The molecule has 122 valence electrons. The number of halogens is 1. The third-order valence-electron chi connectivity index (χ3n) is 4.73. The van der Waals surface area contributed by atoms with Crippen molar-refractivity contribution in [3.05, 3.63) is 34.8 Å². The summed E-state index contributed by atoms with van der Waals surface area (Å²) in [5.74, 6) is 2.14. The van der Waals surface area contributed by atoms with Crippen LogP contribution in [0.1, 0.15) is 60.3 Å². The average molecular weight is 335 g/mol. The molecule has 4 rings (SSSR count). The summed E-state index contributed by atoms with van der Waals surface area (Å²) in [5.41, 5.74) is 0. The molecule has 23 heavy (non-hydrogen) atoms. The van der Waals surface area contributed by atoms with Crippen molar-refractivity contribution < 1.29 is 9.21 Å². The van der Waals surface area contributed by atoms with E-state index in [0.29, 0.717) is 6.54 Å². The van der Waals surface area contributed by atoms with E-state index in [1.807, 2.05) is 4.90 Å².